The van der Waals surface area contributed by atoms with Crippen LogP contribution < -0.4 is 10.6 Å². The van der Waals surface area contributed by atoms with Crippen LogP contribution in [0.25, 0.3) is 11.0 Å². The predicted molar refractivity (Wildman–Crippen MR) is 85.5 cm³/mol. The fraction of sp³-hybridized carbons (Fsp3) is 0.667. The average molecular weight is 288 g/mol. The van der Waals surface area contributed by atoms with E-state index in [9.17, 15) is 0 Å². The number of H-pyrrole nitrogens is 1. The van der Waals surface area contributed by atoms with Gasteiger partial charge in [-0.1, -0.05) is 26.2 Å². The van der Waals surface area contributed by atoms with Crippen molar-refractivity contribution >= 4 is 22.8 Å². The van der Waals surface area contributed by atoms with Gasteiger partial charge in [-0.3, -0.25) is 5.10 Å². The van der Waals surface area contributed by atoms with E-state index >= 15 is 0 Å². The molecular formula is C15H24N6. The van der Waals surface area contributed by atoms with Crippen LogP contribution in [-0.2, 0) is 0 Å². The number of anilines is 2. The van der Waals surface area contributed by atoms with Crippen molar-refractivity contribution < 1.29 is 0 Å². The minimum Gasteiger partial charge on any atom is -0.366 e. The molecule has 0 aliphatic heterocycles. The third-order valence-corrected chi connectivity index (χ3v) is 4.51. The van der Waals surface area contributed by atoms with E-state index in [-0.39, 0.29) is 0 Å². The van der Waals surface area contributed by atoms with Crippen molar-refractivity contribution in [2.24, 2.45) is 5.92 Å². The number of aromatic amines is 1. The van der Waals surface area contributed by atoms with Crippen molar-refractivity contribution in [3.8, 4) is 0 Å². The molecule has 2 aromatic heterocycles. The number of rotatable bonds is 5. The zero-order valence-electron chi connectivity index (χ0n) is 12.8. The Labute approximate surface area is 125 Å². The van der Waals surface area contributed by atoms with Gasteiger partial charge in [0.1, 0.15) is 5.82 Å². The summed E-state index contributed by atoms with van der Waals surface area (Å²) in [4.78, 5) is 8.96. The largest absolute Gasteiger partial charge is 0.366 e. The van der Waals surface area contributed by atoms with E-state index in [1.807, 2.05) is 7.05 Å². The second-order valence-electron chi connectivity index (χ2n) is 5.84. The summed E-state index contributed by atoms with van der Waals surface area (Å²) < 4.78 is 0. The van der Waals surface area contributed by atoms with Gasteiger partial charge < -0.3 is 10.6 Å². The van der Waals surface area contributed by atoms with E-state index in [1.165, 1.54) is 32.1 Å². The molecule has 1 saturated carbocycles. The number of aromatic nitrogens is 4. The van der Waals surface area contributed by atoms with Gasteiger partial charge in [0.05, 0.1) is 11.6 Å². The van der Waals surface area contributed by atoms with Crippen LogP contribution in [0.3, 0.4) is 0 Å². The maximum Gasteiger partial charge on any atom is 0.226 e. The minimum absolute atomic E-state index is 0.475. The molecule has 114 valence electrons. The third-order valence-electron chi connectivity index (χ3n) is 4.51. The van der Waals surface area contributed by atoms with Crippen LogP contribution in [-0.4, -0.2) is 33.3 Å². The molecule has 0 bridgehead atoms. The van der Waals surface area contributed by atoms with Crippen LogP contribution in [0.1, 0.15) is 45.4 Å². The Kier molecular flexibility index (Phi) is 4.22. The molecule has 2 aromatic rings. The number of nitrogens with one attached hydrogen (secondary N) is 3. The molecule has 6 heteroatoms. The van der Waals surface area contributed by atoms with Crippen molar-refractivity contribution in [2.75, 3.05) is 17.7 Å². The van der Waals surface area contributed by atoms with E-state index in [0.717, 1.165) is 29.2 Å². The van der Waals surface area contributed by atoms with Crippen molar-refractivity contribution in [3.63, 3.8) is 0 Å². The molecule has 0 aromatic carbocycles. The molecule has 2 heterocycles. The van der Waals surface area contributed by atoms with Crippen LogP contribution in [0.2, 0.25) is 0 Å². The van der Waals surface area contributed by atoms with Crippen molar-refractivity contribution in [3.05, 3.63) is 6.20 Å². The first kappa shape index (κ1) is 14.1. The van der Waals surface area contributed by atoms with Gasteiger partial charge >= 0.3 is 0 Å². The molecule has 1 aliphatic rings. The SMILES string of the molecule is CCC(Nc1nc(NC)nc2[nH]ncc12)C1CCCCC1. The Balaban J connectivity index is 1.86. The highest BCUT2D eigenvalue weighted by atomic mass is 15.2. The minimum atomic E-state index is 0.475. The van der Waals surface area contributed by atoms with Gasteiger partial charge in [0, 0.05) is 13.1 Å². The van der Waals surface area contributed by atoms with Crippen LogP contribution in [0.15, 0.2) is 6.20 Å². The molecule has 1 unspecified atom stereocenters. The highest BCUT2D eigenvalue weighted by molar-refractivity contribution is 5.87. The zero-order chi connectivity index (χ0) is 14.7. The summed E-state index contributed by atoms with van der Waals surface area (Å²) in [7, 11) is 1.83. The molecule has 3 rings (SSSR count). The Morgan fingerprint density at radius 3 is 2.81 bits per heavy atom. The summed E-state index contributed by atoms with van der Waals surface area (Å²) in [5, 5.41) is 14.6. The molecule has 0 spiro atoms. The Morgan fingerprint density at radius 2 is 2.10 bits per heavy atom. The molecule has 1 fully saturated rings. The van der Waals surface area contributed by atoms with E-state index in [2.05, 4.69) is 37.7 Å². The summed E-state index contributed by atoms with van der Waals surface area (Å²) in [5.74, 6) is 2.25. The fourth-order valence-corrected chi connectivity index (χ4v) is 3.32. The monoisotopic (exact) mass is 288 g/mol. The summed E-state index contributed by atoms with van der Waals surface area (Å²) in [5.41, 5.74) is 0.773. The first-order valence-corrected chi connectivity index (χ1v) is 7.97. The van der Waals surface area contributed by atoms with Crippen LogP contribution in [0.5, 0.6) is 0 Å². The topological polar surface area (TPSA) is 78.5 Å². The standard InChI is InChI=1S/C15H24N6/c1-3-12(10-7-5-4-6-8-10)18-13-11-9-17-21-14(11)20-15(16-2)19-13/h9-10,12H,3-8H2,1-2H3,(H3,16,17,18,19,20,21). The third kappa shape index (κ3) is 2.94. The molecule has 1 atom stereocenters. The fourth-order valence-electron chi connectivity index (χ4n) is 3.32. The Bertz CT molecular complexity index is 587. The number of hydrogen-bond acceptors (Lipinski definition) is 5. The first-order chi connectivity index (χ1) is 10.3. The number of fused-ring (bicyclic) bond motifs is 1. The molecule has 21 heavy (non-hydrogen) atoms. The van der Waals surface area contributed by atoms with Gasteiger partial charge in [-0.05, 0) is 25.2 Å². The molecule has 6 nitrogen and oxygen atoms in total. The number of nitrogens with zero attached hydrogens (tertiary/aromatic N) is 3. The summed E-state index contributed by atoms with van der Waals surface area (Å²) in [6, 6.07) is 0.475. The lowest BCUT2D eigenvalue weighted by Crippen LogP contribution is -2.30. The first-order valence-electron chi connectivity index (χ1n) is 7.97. The van der Waals surface area contributed by atoms with E-state index in [4.69, 9.17) is 0 Å². The van der Waals surface area contributed by atoms with Gasteiger partial charge in [0.15, 0.2) is 5.65 Å². The zero-order valence-corrected chi connectivity index (χ0v) is 12.8. The Hall–Kier alpha value is -1.85. The highest BCUT2D eigenvalue weighted by Gasteiger charge is 2.23. The molecular weight excluding hydrogens is 264 g/mol. The maximum absolute atomic E-state index is 4.58. The molecule has 0 saturated heterocycles. The molecule has 0 amide bonds. The Morgan fingerprint density at radius 1 is 1.29 bits per heavy atom. The lowest BCUT2D eigenvalue weighted by Gasteiger charge is -2.30. The van der Waals surface area contributed by atoms with Crippen molar-refractivity contribution in [1.29, 1.82) is 0 Å². The van der Waals surface area contributed by atoms with Gasteiger partial charge in [-0.25, -0.2) is 0 Å². The van der Waals surface area contributed by atoms with E-state index in [1.54, 1.807) is 6.20 Å². The molecule has 3 N–H and O–H groups in total. The van der Waals surface area contributed by atoms with Crippen LogP contribution in [0, 0.1) is 5.92 Å². The molecule has 1 aliphatic carbocycles. The quantitative estimate of drug-likeness (QED) is 0.787. The van der Waals surface area contributed by atoms with E-state index < -0.39 is 0 Å². The van der Waals surface area contributed by atoms with Crippen LogP contribution >= 0.6 is 0 Å². The van der Waals surface area contributed by atoms with Crippen molar-refractivity contribution in [1.82, 2.24) is 20.2 Å². The lowest BCUT2D eigenvalue weighted by atomic mass is 9.83. The lowest BCUT2D eigenvalue weighted by molar-refractivity contribution is 0.313. The maximum atomic E-state index is 4.58. The van der Waals surface area contributed by atoms with Gasteiger partial charge in [-0.15, -0.1) is 0 Å². The second-order valence-corrected chi connectivity index (χ2v) is 5.84. The van der Waals surface area contributed by atoms with Gasteiger partial charge in [0.25, 0.3) is 0 Å². The van der Waals surface area contributed by atoms with Crippen molar-refractivity contribution in [2.45, 2.75) is 51.5 Å². The van der Waals surface area contributed by atoms with Gasteiger partial charge in [0.2, 0.25) is 5.95 Å². The van der Waals surface area contributed by atoms with Crippen LogP contribution in [0.4, 0.5) is 11.8 Å². The summed E-state index contributed by atoms with van der Waals surface area (Å²) >= 11 is 0. The highest BCUT2D eigenvalue weighted by Crippen LogP contribution is 2.30. The summed E-state index contributed by atoms with van der Waals surface area (Å²) in [6.45, 7) is 2.25. The second kappa shape index (κ2) is 6.28. The summed E-state index contributed by atoms with van der Waals surface area (Å²) in [6.07, 6.45) is 9.66. The molecule has 0 radical (unpaired) electrons. The normalized spacial score (nSPS) is 17.8. The smallest absolute Gasteiger partial charge is 0.226 e. The van der Waals surface area contributed by atoms with Gasteiger partial charge in [-0.2, -0.15) is 15.1 Å². The predicted octanol–water partition coefficient (Wildman–Crippen LogP) is 3.17. The van der Waals surface area contributed by atoms with E-state index in [0.29, 0.717) is 12.0 Å². The average Bonchev–Trinajstić information content (AvgIpc) is 3.01. The number of hydrogen-bond donors (Lipinski definition) is 3.